The molecule has 6 heteroatoms. The van der Waals surface area contributed by atoms with Gasteiger partial charge in [-0.15, -0.1) is 0 Å². The summed E-state index contributed by atoms with van der Waals surface area (Å²) in [5.74, 6) is 0.319. The van der Waals surface area contributed by atoms with Gasteiger partial charge in [0.15, 0.2) is 0 Å². The van der Waals surface area contributed by atoms with Crippen molar-refractivity contribution in [3.8, 4) is 5.75 Å². The van der Waals surface area contributed by atoms with Gasteiger partial charge in [0.1, 0.15) is 18.5 Å². The molecule has 2 rings (SSSR count). The van der Waals surface area contributed by atoms with Gasteiger partial charge in [0.25, 0.3) is 0 Å². The Morgan fingerprint density at radius 2 is 2.05 bits per heavy atom. The van der Waals surface area contributed by atoms with Crippen molar-refractivity contribution >= 4 is 11.9 Å². The molecule has 0 bridgehead atoms. The Kier molecular flexibility index (Phi) is 4.57. The molecule has 1 saturated heterocycles. The fraction of sp³-hybridized carbons (Fsp3) is 0.429. The van der Waals surface area contributed by atoms with E-state index >= 15 is 0 Å². The summed E-state index contributed by atoms with van der Waals surface area (Å²) in [7, 11) is 0. The van der Waals surface area contributed by atoms with E-state index in [1.807, 2.05) is 24.3 Å². The number of carbonyl (C=O) groups excluding carboxylic acids is 2. The second-order valence-corrected chi connectivity index (χ2v) is 4.63. The first-order valence-electron chi connectivity index (χ1n) is 6.58. The van der Waals surface area contributed by atoms with E-state index in [0.717, 1.165) is 11.3 Å². The molecule has 0 radical (unpaired) electrons. The molecule has 108 valence electrons. The molecule has 1 aromatic carbocycles. The van der Waals surface area contributed by atoms with Gasteiger partial charge < -0.3 is 15.2 Å². The summed E-state index contributed by atoms with van der Waals surface area (Å²) in [4.78, 5) is 23.7. The molecule has 1 aromatic rings. The lowest BCUT2D eigenvalue weighted by atomic mass is 10.2. The first kappa shape index (κ1) is 14.3. The predicted molar refractivity (Wildman–Crippen MR) is 72.4 cm³/mol. The lowest BCUT2D eigenvalue weighted by Gasteiger charge is -2.17. The zero-order valence-corrected chi connectivity index (χ0v) is 11.3. The van der Waals surface area contributed by atoms with Crippen molar-refractivity contribution < 1.29 is 19.4 Å². The summed E-state index contributed by atoms with van der Waals surface area (Å²) in [6, 6.07) is 7.11. The summed E-state index contributed by atoms with van der Waals surface area (Å²) in [5, 5.41) is 12.2. The van der Waals surface area contributed by atoms with E-state index in [-0.39, 0.29) is 25.6 Å². The molecule has 0 unspecified atom stereocenters. The molecule has 0 aromatic heterocycles. The monoisotopic (exact) mass is 278 g/mol. The van der Waals surface area contributed by atoms with E-state index in [9.17, 15) is 14.7 Å². The minimum atomic E-state index is -0.909. The Hall–Kier alpha value is -2.08. The second kappa shape index (κ2) is 6.38. The Morgan fingerprint density at radius 1 is 1.35 bits per heavy atom. The van der Waals surface area contributed by atoms with Gasteiger partial charge in [0.05, 0.1) is 13.1 Å². The molecule has 0 saturated carbocycles. The average molecular weight is 278 g/mol. The van der Waals surface area contributed by atoms with Crippen LogP contribution >= 0.6 is 0 Å². The van der Waals surface area contributed by atoms with Gasteiger partial charge >= 0.3 is 6.03 Å². The largest absolute Gasteiger partial charge is 0.491 e. The van der Waals surface area contributed by atoms with Crippen LogP contribution in [0.5, 0.6) is 5.75 Å². The highest BCUT2D eigenvalue weighted by Gasteiger charge is 2.30. The van der Waals surface area contributed by atoms with Crippen LogP contribution in [0.3, 0.4) is 0 Å². The zero-order chi connectivity index (χ0) is 14.5. The molecule has 2 N–H and O–H groups in total. The molecule has 6 nitrogen and oxygen atoms in total. The average Bonchev–Trinajstić information content (AvgIpc) is 2.77. The van der Waals surface area contributed by atoms with Crippen LogP contribution in [0.2, 0.25) is 0 Å². The molecule has 1 aliphatic rings. The Balaban J connectivity index is 1.81. The molecule has 0 spiro atoms. The number of benzene rings is 1. The summed E-state index contributed by atoms with van der Waals surface area (Å²) in [6.07, 6.45) is 0.0448. The standard InChI is InChI=1S/C14H18N2O4/c1-2-10-3-5-12(6-4-10)20-9-11(17)8-16-13(18)7-15-14(16)19/h3-6,11,17H,2,7-9H2,1H3,(H,15,19)/t11-/m0/s1. The molecule has 3 amide bonds. The van der Waals surface area contributed by atoms with Gasteiger partial charge in [0, 0.05) is 0 Å². The van der Waals surface area contributed by atoms with Gasteiger partial charge in [-0.25, -0.2) is 4.79 Å². The van der Waals surface area contributed by atoms with Gasteiger partial charge in [-0.2, -0.15) is 0 Å². The summed E-state index contributed by atoms with van der Waals surface area (Å²) in [6.45, 7) is 2.03. The van der Waals surface area contributed by atoms with E-state index in [2.05, 4.69) is 12.2 Å². The van der Waals surface area contributed by atoms with E-state index in [1.165, 1.54) is 5.56 Å². The van der Waals surface area contributed by atoms with Gasteiger partial charge in [-0.05, 0) is 24.1 Å². The quantitative estimate of drug-likeness (QED) is 0.744. The van der Waals surface area contributed by atoms with Crippen LogP contribution < -0.4 is 10.1 Å². The molecule has 1 aliphatic heterocycles. The van der Waals surface area contributed by atoms with Crippen LogP contribution in [0.4, 0.5) is 4.79 Å². The predicted octanol–water partition coefficient (Wildman–Crippen LogP) is 0.541. The van der Waals surface area contributed by atoms with Crippen LogP contribution in [0.15, 0.2) is 24.3 Å². The zero-order valence-electron chi connectivity index (χ0n) is 11.3. The van der Waals surface area contributed by atoms with E-state index in [1.54, 1.807) is 0 Å². The molecule has 0 aliphatic carbocycles. The molecule has 1 fully saturated rings. The van der Waals surface area contributed by atoms with Gasteiger partial charge in [0.2, 0.25) is 5.91 Å². The topological polar surface area (TPSA) is 78.9 Å². The highest BCUT2D eigenvalue weighted by atomic mass is 16.5. The van der Waals surface area contributed by atoms with Crippen molar-refractivity contribution in [3.63, 3.8) is 0 Å². The molecule has 20 heavy (non-hydrogen) atoms. The van der Waals surface area contributed by atoms with Crippen LogP contribution in [0.25, 0.3) is 0 Å². The van der Waals surface area contributed by atoms with Crippen molar-refractivity contribution in [1.82, 2.24) is 10.2 Å². The Bertz CT molecular complexity index is 470. The van der Waals surface area contributed by atoms with Crippen LogP contribution in [-0.2, 0) is 11.2 Å². The number of carbonyl (C=O) groups is 2. The third kappa shape index (κ3) is 3.48. The number of aliphatic hydroxyl groups excluding tert-OH is 1. The highest BCUT2D eigenvalue weighted by molar-refractivity contribution is 6.01. The lowest BCUT2D eigenvalue weighted by molar-refractivity contribution is -0.126. The van der Waals surface area contributed by atoms with Crippen molar-refractivity contribution in [2.24, 2.45) is 0 Å². The van der Waals surface area contributed by atoms with Crippen LogP contribution in [0.1, 0.15) is 12.5 Å². The maximum Gasteiger partial charge on any atom is 0.324 e. The number of amides is 3. The first-order valence-corrected chi connectivity index (χ1v) is 6.58. The highest BCUT2D eigenvalue weighted by Crippen LogP contribution is 2.13. The number of ether oxygens (including phenoxy) is 1. The van der Waals surface area contributed by atoms with Gasteiger partial charge in [-0.1, -0.05) is 19.1 Å². The number of rotatable bonds is 6. The number of hydrogen-bond acceptors (Lipinski definition) is 4. The van der Waals surface area contributed by atoms with Crippen LogP contribution in [-0.4, -0.2) is 47.7 Å². The number of urea groups is 1. The Labute approximate surface area is 117 Å². The molecule has 1 heterocycles. The van der Waals surface area contributed by atoms with Crippen molar-refractivity contribution in [2.45, 2.75) is 19.4 Å². The Morgan fingerprint density at radius 3 is 2.60 bits per heavy atom. The normalized spacial score (nSPS) is 16.2. The number of nitrogens with one attached hydrogen (secondary N) is 1. The minimum absolute atomic E-state index is 0.00904. The third-order valence-electron chi connectivity index (χ3n) is 3.10. The number of nitrogens with zero attached hydrogens (tertiary/aromatic N) is 1. The molecule has 1 atom stereocenters. The van der Waals surface area contributed by atoms with Gasteiger partial charge in [-0.3, -0.25) is 9.69 Å². The third-order valence-corrected chi connectivity index (χ3v) is 3.10. The van der Waals surface area contributed by atoms with Crippen molar-refractivity contribution in [1.29, 1.82) is 0 Å². The number of aryl methyl sites for hydroxylation is 1. The van der Waals surface area contributed by atoms with Crippen molar-refractivity contribution in [2.75, 3.05) is 19.7 Å². The lowest BCUT2D eigenvalue weighted by Crippen LogP contribution is -2.39. The molecular formula is C14H18N2O4. The summed E-state index contributed by atoms with van der Waals surface area (Å²) >= 11 is 0. The smallest absolute Gasteiger partial charge is 0.324 e. The number of β-amino-alcohol motifs (C(OH)–C–C–N with tert-alkyl or cyclic N) is 1. The summed E-state index contributed by atoms with van der Waals surface area (Å²) < 4.78 is 5.43. The number of aliphatic hydroxyl groups is 1. The van der Waals surface area contributed by atoms with Crippen LogP contribution in [0, 0.1) is 0 Å². The SMILES string of the molecule is CCc1ccc(OC[C@@H](O)CN2C(=O)CNC2=O)cc1. The number of hydrogen-bond donors (Lipinski definition) is 2. The maximum absolute atomic E-state index is 11.4. The maximum atomic E-state index is 11.4. The number of imide groups is 1. The molecular weight excluding hydrogens is 260 g/mol. The van der Waals surface area contributed by atoms with E-state index in [0.29, 0.717) is 5.75 Å². The minimum Gasteiger partial charge on any atom is -0.491 e. The fourth-order valence-corrected chi connectivity index (χ4v) is 1.92. The first-order chi connectivity index (χ1) is 9.60. The van der Waals surface area contributed by atoms with E-state index < -0.39 is 12.1 Å². The second-order valence-electron chi connectivity index (χ2n) is 4.63. The van der Waals surface area contributed by atoms with E-state index in [4.69, 9.17) is 4.74 Å². The summed E-state index contributed by atoms with van der Waals surface area (Å²) in [5.41, 5.74) is 1.21. The fourth-order valence-electron chi connectivity index (χ4n) is 1.92. The van der Waals surface area contributed by atoms with Crippen molar-refractivity contribution in [3.05, 3.63) is 29.8 Å².